The van der Waals surface area contributed by atoms with Crippen molar-refractivity contribution in [2.24, 2.45) is 5.92 Å². The second-order valence-corrected chi connectivity index (χ2v) is 5.44. The predicted octanol–water partition coefficient (Wildman–Crippen LogP) is 1.30. The topological polar surface area (TPSA) is 70.2 Å². The van der Waals surface area contributed by atoms with Crippen LogP contribution >= 0.6 is 0 Å². The number of anilines is 1. The number of benzene rings is 1. The van der Waals surface area contributed by atoms with Crippen molar-refractivity contribution in [3.05, 3.63) is 29.8 Å². The Balaban J connectivity index is 1.81. The van der Waals surface area contributed by atoms with E-state index >= 15 is 0 Å². The third-order valence-corrected chi connectivity index (χ3v) is 3.61. The molecule has 3 N–H and O–H groups in total. The first kappa shape index (κ1) is 15.5. The van der Waals surface area contributed by atoms with Gasteiger partial charge in [-0.15, -0.1) is 0 Å². The lowest BCUT2D eigenvalue weighted by Gasteiger charge is -2.09. The van der Waals surface area contributed by atoms with E-state index in [2.05, 4.69) is 16.0 Å². The van der Waals surface area contributed by atoms with Crippen molar-refractivity contribution in [3.63, 3.8) is 0 Å². The van der Waals surface area contributed by atoms with Crippen LogP contribution in [0.4, 0.5) is 5.69 Å². The summed E-state index contributed by atoms with van der Waals surface area (Å²) in [5.41, 5.74) is 1.73. The van der Waals surface area contributed by atoms with Gasteiger partial charge < -0.3 is 16.0 Å². The summed E-state index contributed by atoms with van der Waals surface area (Å²) in [4.78, 5) is 23.4. The van der Waals surface area contributed by atoms with E-state index in [9.17, 15) is 9.59 Å². The average Bonchev–Trinajstić information content (AvgIpc) is 2.94. The van der Waals surface area contributed by atoms with Crippen molar-refractivity contribution in [2.75, 3.05) is 25.0 Å². The molecule has 0 spiro atoms. The number of likely N-dealkylation sites (N-methyl/N-ethyl adjacent to an activating group) is 1. The molecule has 1 heterocycles. The highest BCUT2D eigenvalue weighted by Gasteiger charge is 2.17. The monoisotopic (exact) mass is 289 g/mol. The van der Waals surface area contributed by atoms with Crippen molar-refractivity contribution in [3.8, 4) is 0 Å². The molecular weight excluding hydrogens is 266 g/mol. The van der Waals surface area contributed by atoms with Crippen LogP contribution in [0.1, 0.15) is 25.3 Å². The lowest BCUT2D eigenvalue weighted by molar-refractivity contribution is -0.120. The lowest BCUT2D eigenvalue weighted by atomic mass is 10.0. The van der Waals surface area contributed by atoms with Gasteiger partial charge in [0.25, 0.3) is 0 Å². The first-order valence-corrected chi connectivity index (χ1v) is 7.53. The highest BCUT2D eigenvalue weighted by molar-refractivity contribution is 5.91. The quantitative estimate of drug-likeness (QED) is 0.739. The fourth-order valence-electron chi connectivity index (χ4n) is 2.51. The van der Waals surface area contributed by atoms with Crippen molar-refractivity contribution in [2.45, 2.75) is 26.2 Å². The van der Waals surface area contributed by atoms with E-state index in [0.29, 0.717) is 25.3 Å². The molecule has 114 valence electrons. The third-order valence-electron chi connectivity index (χ3n) is 3.61. The maximum Gasteiger partial charge on any atom is 0.224 e. The molecule has 0 radical (unpaired) electrons. The largest absolute Gasteiger partial charge is 0.356 e. The van der Waals surface area contributed by atoms with Gasteiger partial charge in [-0.25, -0.2) is 0 Å². The summed E-state index contributed by atoms with van der Waals surface area (Å²) in [5.74, 6) is 0.519. The smallest absolute Gasteiger partial charge is 0.224 e. The van der Waals surface area contributed by atoms with E-state index in [4.69, 9.17) is 0 Å². The number of rotatable bonds is 6. The van der Waals surface area contributed by atoms with Crippen molar-refractivity contribution < 1.29 is 9.59 Å². The van der Waals surface area contributed by atoms with Crippen LogP contribution in [0.25, 0.3) is 0 Å². The van der Waals surface area contributed by atoms with Gasteiger partial charge in [0.2, 0.25) is 11.8 Å². The maximum atomic E-state index is 11.9. The summed E-state index contributed by atoms with van der Waals surface area (Å²) in [5, 5.41) is 8.93. The van der Waals surface area contributed by atoms with Crippen molar-refractivity contribution in [1.82, 2.24) is 10.6 Å². The van der Waals surface area contributed by atoms with E-state index in [-0.39, 0.29) is 11.8 Å². The third kappa shape index (κ3) is 5.19. The summed E-state index contributed by atoms with van der Waals surface area (Å²) in [7, 11) is 0. The van der Waals surface area contributed by atoms with Crippen molar-refractivity contribution in [1.29, 1.82) is 0 Å². The molecule has 5 heteroatoms. The van der Waals surface area contributed by atoms with Crippen LogP contribution in [0.15, 0.2) is 24.3 Å². The Morgan fingerprint density at radius 1 is 1.24 bits per heavy atom. The Labute approximate surface area is 125 Å². The Kier molecular flexibility index (Phi) is 5.75. The van der Waals surface area contributed by atoms with Gasteiger partial charge in [-0.3, -0.25) is 9.59 Å². The highest BCUT2D eigenvalue weighted by Crippen LogP contribution is 2.15. The van der Waals surface area contributed by atoms with E-state index in [1.54, 1.807) is 0 Å². The summed E-state index contributed by atoms with van der Waals surface area (Å²) in [6.45, 7) is 4.48. The van der Waals surface area contributed by atoms with Gasteiger partial charge in [-0.1, -0.05) is 12.1 Å². The molecule has 0 aromatic heterocycles. The second-order valence-electron chi connectivity index (χ2n) is 5.44. The van der Waals surface area contributed by atoms with E-state index in [0.717, 1.165) is 30.8 Å². The molecule has 1 atom stereocenters. The molecule has 1 aliphatic rings. The lowest BCUT2D eigenvalue weighted by Crippen LogP contribution is -2.24. The highest BCUT2D eigenvalue weighted by atomic mass is 16.2. The normalized spacial score (nSPS) is 17.5. The minimum Gasteiger partial charge on any atom is -0.356 e. The molecule has 2 amide bonds. The molecule has 21 heavy (non-hydrogen) atoms. The molecule has 1 unspecified atom stereocenters. The summed E-state index contributed by atoms with van der Waals surface area (Å²) in [6.07, 6.45) is 2.00. The molecule has 0 aliphatic carbocycles. The Morgan fingerprint density at radius 3 is 2.62 bits per heavy atom. The zero-order valence-corrected chi connectivity index (χ0v) is 12.4. The van der Waals surface area contributed by atoms with Gasteiger partial charge in [0.1, 0.15) is 0 Å². The van der Waals surface area contributed by atoms with Crippen LogP contribution in [0.5, 0.6) is 0 Å². The molecule has 1 fully saturated rings. The van der Waals surface area contributed by atoms with Crippen LogP contribution in [-0.4, -0.2) is 31.4 Å². The molecule has 1 aromatic rings. The first-order valence-electron chi connectivity index (χ1n) is 7.53. The summed E-state index contributed by atoms with van der Waals surface area (Å²) >= 11 is 0. The van der Waals surface area contributed by atoms with Gasteiger partial charge in [0.15, 0.2) is 0 Å². The number of amides is 2. The van der Waals surface area contributed by atoms with Crippen LogP contribution in [-0.2, 0) is 16.0 Å². The Hall–Kier alpha value is -1.88. The second kappa shape index (κ2) is 7.78. The number of carbonyl (C=O) groups is 2. The van der Waals surface area contributed by atoms with Crippen LogP contribution in [0.2, 0.25) is 0 Å². The minimum absolute atomic E-state index is 0.0167. The number of carbonyl (C=O) groups excluding carboxylic acids is 2. The number of nitrogens with one attached hydrogen (secondary N) is 3. The standard InChI is InChI=1S/C16H23N3O2/c1-2-18-15(20)9-12-3-5-14(6-4-12)19-16(21)10-13-7-8-17-11-13/h3-6,13,17H,2,7-11H2,1H3,(H,18,20)(H,19,21). The molecule has 1 saturated heterocycles. The summed E-state index contributed by atoms with van der Waals surface area (Å²) < 4.78 is 0. The number of hydrogen-bond donors (Lipinski definition) is 3. The molecule has 2 rings (SSSR count). The molecule has 1 aliphatic heterocycles. The molecule has 1 aromatic carbocycles. The van der Waals surface area contributed by atoms with Gasteiger partial charge >= 0.3 is 0 Å². The molecular formula is C16H23N3O2. The van der Waals surface area contributed by atoms with Gasteiger partial charge in [-0.2, -0.15) is 0 Å². The fraction of sp³-hybridized carbons (Fsp3) is 0.500. The Morgan fingerprint density at radius 2 is 2.00 bits per heavy atom. The molecule has 0 saturated carbocycles. The van der Waals surface area contributed by atoms with E-state index < -0.39 is 0 Å². The summed E-state index contributed by atoms with van der Waals surface area (Å²) in [6, 6.07) is 7.45. The predicted molar refractivity (Wildman–Crippen MR) is 83.1 cm³/mol. The van der Waals surface area contributed by atoms with Crippen molar-refractivity contribution >= 4 is 17.5 Å². The van der Waals surface area contributed by atoms with Gasteiger partial charge in [-0.05, 0) is 50.0 Å². The zero-order chi connectivity index (χ0) is 15.1. The van der Waals surface area contributed by atoms with Gasteiger partial charge in [0, 0.05) is 18.7 Å². The van der Waals surface area contributed by atoms with Gasteiger partial charge in [0.05, 0.1) is 6.42 Å². The Bertz CT molecular complexity index is 479. The van der Waals surface area contributed by atoms with Crippen LogP contribution in [0.3, 0.4) is 0 Å². The number of hydrogen-bond acceptors (Lipinski definition) is 3. The van der Waals surface area contributed by atoms with Crippen LogP contribution in [0, 0.1) is 5.92 Å². The van der Waals surface area contributed by atoms with E-state index in [1.165, 1.54) is 0 Å². The van der Waals surface area contributed by atoms with Crippen LogP contribution < -0.4 is 16.0 Å². The van der Waals surface area contributed by atoms with E-state index in [1.807, 2.05) is 31.2 Å². The first-order chi connectivity index (χ1) is 10.2. The SMILES string of the molecule is CCNC(=O)Cc1ccc(NC(=O)CC2CCNC2)cc1. The molecule has 0 bridgehead atoms. The average molecular weight is 289 g/mol. The zero-order valence-electron chi connectivity index (χ0n) is 12.4. The minimum atomic E-state index is 0.0167. The molecule has 5 nitrogen and oxygen atoms in total. The fourth-order valence-corrected chi connectivity index (χ4v) is 2.51. The maximum absolute atomic E-state index is 11.9.